The zero-order valence-corrected chi connectivity index (χ0v) is 14.6. The number of fused-ring (bicyclic) bond motifs is 1. The van der Waals surface area contributed by atoms with Crippen molar-refractivity contribution in [1.29, 1.82) is 0 Å². The zero-order valence-electron chi connectivity index (χ0n) is 13.8. The maximum absolute atomic E-state index is 12.2. The first-order valence-corrected chi connectivity index (χ1v) is 8.36. The van der Waals surface area contributed by atoms with Gasteiger partial charge in [0.2, 0.25) is 5.91 Å². The molecule has 0 bridgehead atoms. The Morgan fingerprint density at radius 2 is 2.00 bits per heavy atom. The molecule has 1 aromatic carbocycles. The molecule has 2 aliphatic heterocycles. The number of halogens is 1. The molecule has 24 heavy (non-hydrogen) atoms. The van der Waals surface area contributed by atoms with Gasteiger partial charge in [-0.2, -0.15) is 0 Å². The second-order valence-electron chi connectivity index (χ2n) is 6.12. The predicted octanol–water partition coefficient (Wildman–Crippen LogP) is 1.02. The van der Waals surface area contributed by atoms with E-state index in [0.29, 0.717) is 24.9 Å². The number of rotatable bonds is 5. The topological polar surface area (TPSA) is 73.5 Å². The highest BCUT2D eigenvalue weighted by molar-refractivity contribution is 5.97. The molecule has 0 spiro atoms. The number of aryl methyl sites for hydroxylation is 1. The Balaban J connectivity index is 0.00000208. The smallest absolute Gasteiger partial charge is 0.251 e. The van der Waals surface area contributed by atoms with E-state index in [-0.39, 0.29) is 24.2 Å². The van der Waals surface area contributed by atoms with E-state index in [1.54, 1.807) is 6.07 Å². The van der Waals surface area contributed by atoms with Crippen molar-refractivity contribution in [3.05, 3.63) is 29.3 Å². The molecular formula is C17H25ClN4O2. The molecule has 2 aliphatic rings. The third-order valence-corrected chi connectivity index (χ3v) is 4.41. The Morgan fingerprint density at radius 3 is 2.79 bits per heavy atom. The fraction of sp³-hybridized carbons (Fsp3) is 0.529. The van der Waals surface area contributed by atoms with Gasteiger partial charge in [-0.15, -0.1) is 12.4 Å². The van der Waals surface area contributed by atoms with E-state index in [4.69, 9.17) is 0 Å². The highest BCUT2D eigenvalue weighted by atomic mass is 35.5. The third kappa shape index (κ3) is 4.93. The second-order valence-corrected chi connectivity index (χ2v) is 6.12. The van der Waals surface area contributed by atoms with E-state index in [2.05, 4.69) is 20.9 Å². The lowest BCUT2D eigenvalue weighted by Crippen LogP contribution is -2.44. The van der Waals surface area contributed by atoms with Crippen LogP contribution in [0.25, 0.3) is 0 Å². The number of amides is 2. The Kier molecular flexibility index (Phi) is 7.02. The highest BCUT2D eigenvalue weighted by Gasteiger charge is 2.16. The largest absolute Gasteiger partial charge is 0.352 e. The number of piperazine rings is 1. The van der Waals surface area contributed by atoms with Crippen molar-refractivity contribution in [1.82, 2.24) is 15.5 Å². The molecule has 0 aromatic heterocycles. The Hall–Kier alpha value is -1.63. The maximum atomic E-state index is 12.2. The molecule has 0 saturated carbocycles. The van der Waals surface area contributed by atoms with Crippen LogP contribution in [-0.2, 0) is 11.2 Å². The Labute approximate surface area is 148 Å². The predicted molar refractivity (Wildman–Crippen MR) is 96.9 cm³/mol. The lowest BCUT2D eigenvalue weighted by Gasteiger charge is -2.27. The van der Waals surface area contributed by atoms with Gasteiger partial charge in [-0.05, 0) is 43.1 Å². The number of nitrogens with one attached hydrogen (secondary N) is 3. The van der Waals surface area contributed by atoms with Gasteiger partial charge in [0.25, 0.3) is 5.91 Å². The lowest BCUT2D eigenvalue weighted by molar-refractivity contribution is -0.116. The molecular weight excluding hydrogens is 328 g/mol. The number of benzene rings is 1. The number of anilines is 1. The molecule has 1 fully saturated rings. The maximum Gasteiger partial charge on any atom is 0.251 e. The molecule has 132 valence electrons. The summed E-state index contributed by atoms with van der Waals surface area (Å²) in [4.78, 5) is 26.0. The molecule has 0 unspecified atom stereocenters. The van der Waals surface area contributed by atoms with Crippen LogP contribution in [0.2, 0.25) is 0 Å². The van der Waals surface area contributed by atoms with Crippen LogP contribution in [0, 0.1) is 0 Å². The van der Waals surface area contributed by atoms with E-state index < -0.39 is 0 Å². The van der Waals surface area contributed by atoms with Crippen LogP contribution in [0.1, 0.15) is 28.8 Å². The van der Waals surface area contributed by atoms with Crippen molar-refractivity contribution in [2.75, 3.05) is 44.6 Å². The first kappa shape index (κ1) is 18.7. The molecule has 3 N–H and O–H groups in total. The van der Waals surface area contributed by atoms with Crippen molar-refractivity contribution < 1.29 is 9.59 Å². The third-order valence-electron chi connectivity index (χ3n) is 4.41. The van der Waals surface area contributed by atoms with Crippen LogP contribution in [0.4, 0.5) is 5.69 Å². The van der Waals surface area contributed by atoms with Gasteiger partial charge in [-0.3, -0.25) is 9.59 Å². The summed E-state index contributed by atoms with van der Waals surface area (Å²) >= 11 is 0. The van der Waals surface area contributed by atoms with Gasteiger partial charge < -0.3 is 20.9 Å². The first-order chi connectivity index (χ1) is 11.2. The zero-order chi connectivity index (χ0) is 16.1. The number of nitrogens with zero attached hydrogens (tertiary/aromatic N) is 1. The van der Waals surface area contributed by atoms with Gasteiger partial charge >= 0.3 is 0 Å². The molecule has 2 heterocycles. The average Bonchev–Trinajstić information content (AvgIpc) is 2.59. The Bertz CT molecular complexity index is 588. The van der Waals surface area contributed by atoms with E-state index in [1.165, 1.54) is 0 Å². The molecule has 0 aliphatic carbocycles. The van der Waals surface area contributed by atoms with Gasteiger partial charge in [-0.1, -0.05) is 0 Å². The SMILES string of the molecule is Cl.O=C1CCc2cc(C(=O)NCCCN3CCNCC3)ccc2N1. The summed E-state index contributed by atoms with van der Waals surface area (Å²) in [6.45, 7) is 6.00. The van der Waals surface area contributed by atoms with E-state index in [1.807, 2.05) is 12.1 Å². The molecule has 0 radical (unpaired) electrons. The van der Waals surface area contributed by atoms with Crippen molar-refractivity contribution in [2.24, 2.45) is 0 Å². The van der Waals surface area contributed by atoms with Gasteiger partial charge in [0.15, 0.2) is 0 Å². The molecule has 7 heteroatoms. The summed E-state index contributed by atoms with van der Waals surface area (Å²) in [5, 5.41) is 9.15. The first-order valence-electron chi connectivity index (χ1n) is 8.36. The summed E-state index contributed by atoms with van der Waals surface area (Å²) in [5.74, 6) is 0.00706. The molecule has 3 rings (SSSR count). The molecule has 1 saturated heterocycles. The van der Waals surface area contributed by atoms with Crippen LogP contribution in [0.3, 0.4) is 0 Å². The minimum atomic E-state index is -0.0370. The standard InChI is InChI=1S/C17H24N4O2.ClH/c22-16-5-3-13-12-14(2-4-15(13)20-16)17(23)19-6-1-9-21-10-7-18-8-11-21;/h2,4,12,18H,1,3,5-11H2,(H,19,23)(H,20,22);1H. The second kappa shape index (κ2) is 9.01. The summed E-state index contributed by atoms with van der Waals surface area (Å²) < 4.78 is 0. The summed E-state index contributed by atoms with van der Waals surface area (Å²) in [6, 6.07) is 5.48. The van der Waals surface area contributed by atoms with Crippen LogP contribution in [0.15, 0.2) is 18.2 Å². The summed E-state index contributed by atoms with van der Waals surface area (Å²) in [7, 11) is 0. The van der Waals surface area contributed by atoms with Crippen molar-refractivity contribution in [3.63, 3.8) is 0 Å². The minimum absolute atomic E-state index is 0. The molecule has 0 atom stereocenters. The van der Waals surface area contributed by atoms with Crippen LogP contribution in [-0.4, -0.2) is 56.0 Å². The molecule has 1 aromatic rings. The number of hydrogen-bond donors (Lipinski definition) is 3. The quantitative estimate of drug-likeness (QED) is 0.692. The number of carbonyl (C=O) groups excluding carboxylic acids is 2. The fourth-order valence-corrected chi connectivity index (χ4v) is 3.07. The van der Waals surface area contributed by atoms with E-state index >= 15 is 0 Å². The van der Waals surface area contributed by atoms with E-state index in [0.717, 1.165) is 50.4 Å². The average molecular weight is 353 g/mol. The summed E-state index contributed by atoms with van der Waals surface area (Å²) in [6.07, 6.45) is 2.15. The minimum Gasteiger partial charge on any atom is -0.352 e. The van der Waals surface area contributed by atoms with Crippen LogP contribution in [0.5, 0.6) is 0 Å². The number of carbonyl (C=O) groups is 2. The van der Waals surface area contributed by atoms with Crippen LogP contribution >= 0.6 is 12.4 Å². The monoisotopic (exact) mass is 352 g/mol. The molecule has 6 nitrogen and oxygen atoms in total. The lowest BCUT2D eigenvalue weighted by atomic mass is 10.00. The summed E-state index contributed by atoms with van der Waals surface area (Å²) in [5.41, 5.74) is 2.54. The number of hydrogen-bond acceptors (Lipinski definition) is 4. The highest BCUT2D eigenvalue weighted by Crippen LogP contribution is 2.23. The normalized spacial score (nSPS) is 17.4. The van der Waals surface area contributed by atoms with Crippen molar-refractivity contribution in [3.8, 4) is 0 Å². The van der Waals surface area contributed by atoms with Crippen molar-refractivity contribution in [2.45, 2.75) is 19.3 Å². The fourth-order valence-electron chi connectivity index (χ4n) is 3.07. The van der Waals surface area contributed by atoms with Gasteiger partial charge in [0.05, 0.1) is 0 Å². The van der Waals surface area contributed by atoms with E-state index in [9.17, 15) is 9.59 Å². The van der Waals surface area contributed by atoms with Crippen LogP contribution < -0.4 is 16.0 Å². The molecule has 2 amide bonds. The van der Waals surface area contributed by atoms with Crippen molar-refractivity contribution >= 4 is 29.9 Å². The van der Waals surface area contributed by atoms with Gasteiger partial charge in [-0.25, -0.2) is 0 Å². The Morgan fingerprint density at radius 1 is 1.21 bits per heavy atom. The van der Waals surface area contributed by atoms with Gasteiger partial charge in [0.1, 0.15) is 0 Å². The van der Waals surface area contributed by atoms with Gasteiger partial charge in [0, 0.05) is 50.4 Å².